The molecule has 146 valence electrons. The van der Waals surface area contributed by atoms with Gasteiger partial charge in [-0.2, -0.15) is 0 Å². The van der Waals surface area contributed by atoms with Gasteiger partial charge in [-0.05, 0) is 36.0 Å². The second-order valence-corrected chi connectivity index (χ2v) is 7.49. The average molecular weight is 395 g/mol. The number of anilines is 1. The van der Waals surface area contributed by atoms with Crippen molar-refractivity contribution in [3.63, 3.8) is 0 Å². The standard InChI is InChI=1S/C22H26N4OS/c1-4-15-10-12-18(13-11-15)21-24-22(26-25-21)28-14-19(27)23-20-16(5-2)8-7-9-17(20)6-3/h7-13H,4-6,14H2,1-3H3,(H,23,27)(H,24,25,26). The lowest BCUT2D eigenvalue weighted by atomic mass is 10.0. The van der Waals surface area contributed by atoms with Crippen molar-refractivity contribution in [2.45, 2.75) is 45.2 Å². The zero-order valence-corrected chi connectivity index (χ0v) is 17.4. The molecule has 0 aliphatic carbocycles. The van der Waals surface area contributed by atoms with Gasteiger partial charge in [0.25, 0.3) is 0 Å². The Morgan fingerprint density at radius 3 is 2.25 bits per heavy atom. The maximum absolute atomic E-state index is 12.5. The van der Waals surface area contributed by atoms with Crippen LogP contribution >= 0.6 is 11.8 Å². The zero-order valence-electron chi connectivity index (χ0n) is 16.6. The molecule has 0 aliphatic heterocycles. The molecule has 3 aromatic rings. The second-order valence-electron chi connectivity index (χ2n) is 6.52. The summed E-state index contributed by atoms with van der Waals surface area (Å²) in [6.45, 7) is 6.33. The number of nitrogens with one attached hydrogen (secondary N) is 2. The number of aryl methyl sites for hydroxylation is 3. The number of aromatic amines is 1. The van der Waals surface area contributed by atoms with Gasteiger partial charge in [-0.25, -0.2) is 0 Å². The highest BCUT2D eigenvalue weighted by Crippen LogP contribution is 2.24. The van der Waals surface area contributed by atoms with Crippen molar-refractivity contribution >= 4 is 23.4 Å². The molecule has 0 unspecified atom stereocenters. The molecule has 0 spiro atoms. The van der Waals surface area contributed by atoms with Gasteiger partial charge in [0.15, 0.2) is 11.0 Å². The smallest absolute Gasteiger partial charge is 0.234 e. The van der Waals surface area contributed by atoms with Crippen molar-refractivity contribution in [2.75, 3.05) is 11.1 Å². The number of rotatable bonds is 8. The summed E-state index contributed by atoms with van der Waals surface area (Å²) >= 11 is 1.36. The first kappa shape index (κ1) is 20.1. The number of nitrogens with zero attached hydrogens (tertiary/aromatic N) is 2. The summed E-state index contributed by atoms with van der Waals surface area (Å²) in [7, 11) is 0. The Balaban J connectivity index is 1.62. The fourth-order valence-corrected chi connectivity index (χ4v) is 3.66. The third-order valence-electron chi connectivity index (χ3n) is 4.71. The fourth-order valence-electron chi connectivity index (χ4n) is 3.05. The summed E-state index contributed by atoms with van der Waals surface area (Å²) in [5, 5.41) is 12.1. The Morgan fingerprint density at radius 2 is 1.64 bits per heavy atom. The van der Waals surface area contributed by atoms with E-state index in [1.807, 2.05) is 18.2 Å². The van der Waals surface area contributed by atoms with Gasteiger partial charge in [-0.3, -0.25) is 4.79 Å². The molecule has 2 aromatic carbocycles. The first-order valence-corrected chi connectivity index (χ1v) is 10.7. The van der Waals surface area contributed by atoms with Crippen molar-refractivity contribution in [3.05, 3.63) is 59.2 Å². The lowest BCUT2D eigenvalue weighted by Gasteiger charge is -2.14. The first-order chi connectivity index (χ1) is 13.6. The molecule has 0 saturated heterocycles. The molecular formula is C22H26N4OS. The van der Waals surface area contributed by atoms with Crippen molar-refractivity contribution in [2.24, 2.45) is 0 Å². The number of H-pyrrole nitrogens is 1. The molecule has 6 heteroatoms. The first-order valence-electron chi connectivity index (χ1n) is 9.70. The van der Waals surface area contributed by atoms with Crippen LogP contribution in [0.4, 0.5) is 5.69 Å². The van der Waals surface area contributed by atoms with Crippen molar-refractivity contribution < 1.29 is 4.79 Å². The predicted molar refractivity (Wildman–Crippen MR) is 116 cm³/mol. The summed E-state index contributed by atoms with van der Waals surface area (Å²) < 4.78 is 0. The number of amides is 1. The average Bonchev–Trinajstić information content (AvgIpc) is 3.21. The normalized spacial score (nSPS) is 10.8. The SMILES string of the molecule is CCc1ccc(-c2nnc(SCC(=O)Nc3c(CC)cccc3CC)[nH]2)cc1. The lowest BCUT2D eigenvalue weighted by molar-refractivity contribution is -0.113. The monoisotopic (exact) mass is 394 g/mol. The third kappa shape index (κ3) is 4.81. The topological polar surface area (TPSA) is 70.7 Å². The van der Waals surface area contributed by atoms with Gasteiger partial charge in [0.2, 0.25) is 5.91 Å². The van der Waals surface area contributed by atoms with Gasteiger partial charge in [0, 0.05) is 11.3 Å². The molecule has 0 radical (unpaired) electrons. The third-order valence-corrected chi connectivity index (χ3v) is 5.57. The minimum absolute atomic E-state index is 0.0363. The minimum Gasteiger partial charge on any atom is -0.325 e. The van der Waals surface area contributed by atoms with Crippen LogP contribution in [0.3, 0.4) is 0 Å². The molecule has 0 bridgehead atoms. The lowest BCUT2D eigenvalue weighted by Crippen LogP contribution is -2.16. The van der Waals surface area contributed by atoms with Crippen LogP contribution in [0.1, 0.15) is 37.5 Å². The van der Waals surface area contributed by atoms with E-state index >= 15 is 0 Å². The number of benzene rings is 2. The molecule has 2 N–H and O–H groups in total. The Morgan fingerprint density at radius 1 is 0.964 bits per heavy atom. The molecule has 0 fully saturated rings. The van der Waals surface area contributed by atoms with Crippen LogP contribution in [0.5, 0.6) is 0 Å². The predicted octanol–water partition coefficient (Wildman–Crippen LogP) is 4.89. The highest BCUT2D eigenvalue weighted by atomic mass is 32.2. The van der Waals surface area contributed by atoms with Crippen LogP contribution in [-0.4, -0.2) is 26.8 Å². The van der Waals surface area contributed by atoms with Gasteiger partial charge in [-0.1, -0.05) is 75.0 Å². The summed E-state index contributed by atoms with van der Waals surface area (Å²) in [4.78, 5) is 15.7. The number of thioether (sulfide) groups is 1. The van der Waals surface area contributed by atoms with E-state index in [4.69, 9.17) is 0 Å². The number of hydrogen-bond donors (Lipinski definition) is 2. The molecule has 0 aliphatic rings. The summed E-state index contributed by atoms with van der Waals surface area (Å²) in [5.41, 5.74) is 5.55. The van der Waals surface area contributed by atoms with Crippen molar-refractivity contribution in [3.8, 4) is 11.4 Å². The zero-order chi connectivity index (χ0) is 19.9. The summed E-state index contributed by atoms with van der Waals surface area (Å²) in [6, 6.07) is 14.4. The van der Waals surface area contributed by atoms with Crippen LogP contribution in [0, 0.1) is 0 Å². The van der Waals surface area contributed by atoms with Crippen molar-refractivity contribution in [1.29, 1.82) is 0 Å². The van der Waals surface area contributed by atoms with E-state index < -0.39 is 0 Å². The van der Waals surface area contributed by atoms with Crippen molar-refractivity contribution in [1.82, 2.24) is 15.2 Å². The van der Waals surface area contributed by atoms with E-state index in [1.165, 1.54) is 17.3 Å². The van der Waals surface area contributed by atoms with Crippen LogP contribution in [0.25, 0.3) is 11.4 Å². The Kier molecular flexibility index (Phi) is 6.87. The van der Waals surface area contributed by atoms with Gasteiger partial charge in [-0.15, -0.1) is 10.2 Å². The molecule has 1 heterocycles. The molecule has 3 rings (SSSR count). The van der Waals surface area contributed by atoms with Crippen LogP contribution in [0.2, 0.25) is 0 Å². The molecule has 0 atom stereocenters. The molecule has 1 amide bonds. The van der Waals surface area contributed by atoms with E-state index in [-0.39, 0.29) is 11.7 Å². The number of aromatic nitrogens is 3. The molecule has 5 nitrogen and oxygen atoms in total. The fraction of sp³-hybridized carbons (Fsp3) is 0.318. The van der Waals surface area contributed by atoms with Crippen LogP contribution in [0.15, 0.2) is 47.6 Å². The number of hydrogen-bond acceptors (Lipinski definition) is 4. The second kappa shape index (κ2) is 9.55. The number of carbonyl (C=O) groups is 1. The largest absolute Gasteiger partial charge is 0.325 e. The highest BCUT2D eigenvalue weighted by Gasteiger charge is 2.12. The maximum atomic E-state index is 12.5. The van der Waals surface area contributed by atoms with E-state index in [0.717, 1.165) is 47.5 Å². The highest BCUT2D eigenvalue weighted by molar-refractivity contribution is 7.99. The van der Waals surface area contributed by atoms with Crippen LogP contribution < -0.4 is 5.32 Å². The van der Waals surface area contributed by atoms with Gasteiger partial charge >= 0.3 is 0 Å². The van der Waals surface area contributed by atoms with E-state index in [2.05, 4.69) is 65.5 Å². The van der Waals surface area contributed by atoms with E-state index in [9.17, 15) is 4.79 Å². The quantitative estimate of drug-likeness (QED) is 0.534. The number of carbonyl (C=O) groups excluding carboxylic acids is 1. The Hall–Kier alpha value is -2.60. The summed E-state index contributed by atoms with van der Waals surface area (Å²) in [6.07, 6.45) is 2.78. The van der Waals surface area contributed by atoms with Gasteiger partial charge in [0.1, 0.15) is 0 Å². The Labute approximate surface area is 170 Å². The molecule has 0 saturated carbocycles. The minimum atomic E-state index is -0.0363. The summed E-state index contributed by atoms with van der Waals surface area (Å²) in [5.74, 6) is 0.964. The maximum Gasteiger partial charge on any atom is 0.234 e. The molecular weight excluding hydrogens is 368 g/mol. The van der Waals surface area contributed by atoms with Gasteiger partial charge in [0.05, 0.1) is 5.75 Å². The van der Waals surface area contributed by atoms with Crippen LogP contribution in [-0.2, 0) is 24.1 Å². The number of para-hydroxylation sites is 1. The van der Waals surface area contributed by atoms with Gasteiger partial charge < -0.3 is 10.3 Å². The molecule has 28 heavy (non-hydrogen) atoms. The molecule has 1 aromatic heterocycles. The Bertz CT molecular complexity index is 912. The van der Waals surface area contributed by atoms with E-state index in [1.54, 1.807) is 0 Å². The van der Waals surface area contributed by atoms with E-state index in [0.29, 0.717) is 5.16 Å².